The maximum atomic E-state index is 5.06. The van der Waals surface area contributed by atoms with E-state index in [-0.39, 0.29) is 0 Å². The molecule has 0 spiro atoms. The van der Waals surface area contributed by atoms with Crippen LogP contribution in [0.25, 0.3) is 0 Å². The Labute approximate surface area is 68.6 Å². The summed E-state index contributed by atoms with van der Waals surface area (Å²) in [4.78, 5) is 0. The third-order valence-corrected chi connectivity index (χ3v) is 1.03. The molecule has 11 heavy (non-hydrogen) atoms. The first-order valence-corrected chi connectivity index (χ1v) is 4.15. The van der Waals surface area contributed by atoms with Crippen LogP contribution in [0.4, 0.5) is 0 Å². The monoisotopic (exact) mass is 162 g/mol. The summed E-state index contributed by atoms with van der Waals surface area (Å²) in [5, 5.41) is 0. The Morgan fingerprint density at radius 1 is 0.727 bits per heavy atom. The van der Waals surface area contributed by atoms with Crippen LogP contribution < -0.4 is 0 Å². The fraction of sp³-hybridized carbons (Fsp3) is 1.00. The lowest BCUT2D eigenvalue weighted by molar-refractivity contribution is -0.130. The number of hydrogen-bond acceptors (Lipinski definition) is 3. The summed E-state index contributed by atoms with van der Waals surface area (Å²) in [6, 6.07) is 0. The van der Waals surface area contributed by atoms with Gasteiger partial charge < -0.3 is 14.2 Å². The van der Waals surface area contributed by atoms with Crippen molar-refractivity contribution in [2.45, 2.75) is 26.7 Å². The minimum absolute atomic E-state index is 0.345. The zero-order valence-corrected chi connectivity index (χ0v) is 7.47. The normalized spacial score (nSPS) is 10.4. The third kappa shape index (κ3) is 9.88. The van der Waals surface area contributed by atoms with E-state index in [2.05, 4.69) is 13.8 Å². The molecule has 3 nitrogen and oxygen atoms in total. The van der Waals surface area contributed by atoms with E-state index in [1.54, 1.807) is 0 Å². The summed E-state index contributed by atoms with van der Waals surface area (Å²) in [6.45, 7) is 6.33. The van der Waals surface area contributed by atoms with Crippen LogP contribution in [0.5, 0.6) is 0 Å². The van der Waals surface area contributed by atoms with Crippen LogP contribution in [0.2, 0.25) is 0 Å². The minimum atomic E-state index is 0.345. The van der Waals surface area contributed by atoms with Gasteiger partial charge in [0.15, 0.2) is 0 Å². The van der Waals surface area contributed by atoms with E-state index in [1.807, 2.05) is 0 Å². The van der Waals surface area contributed by atoms with Crippen molar-refractivity contribution in [1.82, 2.24) is 0 Å². The fourth-order valence-electron chi connectivity index (χ4n) is 0.558. The third-order valence-electron chi connectivity index (χ3n) is 1.03. The fourth-order valence-corrected chi connectivity index (χ4v) is 0.558. The summed E-state index contributed by atoms with van der Waals surface area (Å²) >= 11 is 0. The second kappa shape index (κ2) is 9.88. The van der Waals surface area contributed by atoms with Crippen LogP contribution in [0, 0.1) is 0 Å². The first-order chi connectivity index (χ1) is 5.41. The standard InChI is InChI=1S/C8H18O3/c1-3-5-9-7-11-8-10-6-4-2/h3-8H2,1-2H3. The minimum Gasteiger partial charge on any atom is -0.355 e. The highest BCUT2D eigenvalue weighted by molar-refractivity contribution is 4.20. The molecule has 0 aromatic rings. The summed E-state index contributed by atoms with van der Waals surface area (Å²) in [5.41, 5.74) is 0. The largest absolute Gasteiger partial charge is 0.355 e. The van der Waals surface area contributed by atoms with Crippen molar-refractivity contribution in [3.63, 3.8) is 0 Å². The topological polar surface area (TPSA) is 27.7 Å². The van der Waals surface area contributed by atoms with Gasteiger partial charge >= 0.3 is 0 Å². The van der Waals surface area contributed by atoms with E-state index in [4.69, 9.17) is 14.2 Å². The molecule has 0 aromatic heterocycles. The molecule has 0 bridgehead atoms. The zero-order valence-electron chi connectivity index (χ0n) is 7.47. The average Bonchev–Trinajstić information content (AvgIpc) is 2.03. The van der Waals surface area contributed by atoms with Crippen LogP contribution in [0.15, 0.2) is 0 Å². The van der Waals surface area contributed by atoms with Crippen LogP contribution in [0.3, 0.4) is 0 Å². The van der Waals surface area contributed by atoms with E-state index in [0.29, 0.717) is 13.6 Å². The average molecular weight is 162 g/mol. The Morgan fingerprint density at radius 3 is 1.55 bits per heavy atom. The molecule has 0 aliphatic carbocycles. The summed E-state index contributed by atoms with van der Waals surface area (Å²) < 4.78 is 15.1. The summed E-state index contributed by atoms with van der Waals surface area (Å²) in [7, 11) is 0. The van der Waals surface area contributed by atoms with Crippen molar-refractivity contribution in [1.29, 1.82) is 0 Å². The molecule has 0 aliphatic rings. The summed E-state index contributed by atoms with van der Waals surface area (Å²) in [5.74, 6) is 0. The van der Waals surface area contributed by atoms with Crippen LogP contribution >= 0.6 is 0 Å². The van der Waals surface area contributed by atoms with E-state index in [9.17, 15) is 0 Å². The Balaban J connectivity index is 2.69. The van der Waals surface area contributed by atoms with Gasteiger partial charge in [0.05, 0.1) is 0 Å². The van der Waals surface area contributed by atoms with E-state index >= 15 is 0 Å². The molecule has 0 fully saturated rings. The lowest BCUT2D eigenvalue weighted by atomic mass is 10.5. The van der Waals surface area contributed by atoms with Crippen LogP contribution in [0.1, 0.15) is 26.7 Å². The predicted molar refractivity (Wildman–Crippen MR) is 43.3 cm³/mol. The molecule has 0 radical (unpaired) electrons. The van der Waals surface area contributed by atoms with Crippen LogP contribution in [-0.2, 0) is 14.2 Å². The van der Waals surface area contributed by atoms with Gasteiger partial charge in [-0.1, -0.05) is 13.8 Å². The van der Waals surface area contributed by atoms with Crippen molar-refractivity contribution in [2.75, 3.05) is 26.8 Å². The molecular formula is C8H18O3. The Hall–Kier alpha value is -0.120. The molecule has 0 heterocycles. The van der Waals surface area contributed by atoms with Gasteiger partial charge in [0, 0.05) is 13.2 Å². The van der Waals surface area contributed by atoms with Gasteiger partial charge in [-0.2, -0.15) is 0 Å². The second-order valence-corrected chi connectivity index (χ2v) is 2.26. The van der Waals surface area contributed by atoms with Crippen molar-refractivity contribution < 1.29 is 14.2 Å². The summed E-state index contributed by atoms with van der Waals surface area (Å²) in [6.07, 6.45) is 2.05. The number of ether oxygens (including phenoxy) is 3. The molecule has 0 rings (SSSR count). The molecule has 0 aliphatic heterocycles. The highest BCUT2D eigenvalue weighted by Gasteiger charge is 1.86. The molecule has 0 saturated heterocycles. The van der Waals surface area contributed by atoms with Gasteiger partial charge in [0.2, 0.25) is 0 Å². The van der Waals surface area contributed by atoms with E-state index in [1.165, 1.54) is 0 Å². The number of rotatable bonds is 8. The zero-order chi connectivity index (χ0) is 8.36. The van der Waals surface area contributed by atoms with E-state index < -0.39 is 0 Å². The highest BCUT2D eigenvalue weighted by atomic mass is 16.7. The molecule has 0 unspecified atom stereocenters. The lowest BCUT2D eigenvalue weighted by Crippen LogP contribution is -2.05. The van der Waals surface area contributed by atoms with Gasteiger partial charge in [0.25, 0.3) is 0 Å². The van der Waals surface area contributed by atoms with Crippen molar-refractivity contribution >= 4 is 0 Å². The molecule has 0 amide bonds. The van der Waals surface area contributed by atoms with Gasteiger partial charge in [-0.05, 0) is 12.8 Å². The molecule has 0 N–H and O–H groups in total. The smallest absolute Gasteiger partial charge is 0.149 e. The molecule has 0 atom stereocenters. The molecule has 0 aromatic carbocycles. The number of hydrogen-bond donors (Lipinski definition) is 0. The first kappa shape index (κ1) is 10.9. The first-order valence-electron chi connectivity index (χ1n) is 4.15. The molecule has 0 saturated carbocycles. The predicted octanol–water partition coefficient (Wildman–Crippen LogP) is 1.77. The molecular weight excluding hydrogens is 144 g/mol. The SMILES string of the molecule is CCCOCOCOCCC. The van der Waals surface area contributed by atoms with Crippen molar-refractivity contribution in [3.8, 4) is 0 Å². The Kier molecular flexibility index (Phi) is 9.77. The molecule has 68 valence electrons. The highest BCUT2D eigenvalue weighted by Crippen LogP contribution is 1.84. The molecule has 3 heteroatoms. The quantitative estimate of drug-likeness (QED) is 0.402. The second-order valence-electron chi connectivity index (χ2n) is 2.26. The van der Waals surface area contributed by atoms with Gasteiger partial charge in [-0.25, -0.2) is 0 Å². The van der Waals surface area contributed by atoms with Gasteiger partial charge in [0.1, 0.15) is 13.6 Å². The van der Waals surface area contributed by atoms with Gasteiger partial charge in [-0.3, -0.25) is 0 Å². The lowest BCUT2D eigenvalue weighted by Gasteiger charge is -2.04. The van der Waals surface area contributed by atoms with Gasteiger partial charge in [-0.15, -0.1) is 0 Å². The maximum absolute atomic E-state index is 5.06. The Bertz CT molecular complexity index is 58.4. The maximum Gasteiger partial charge on any atom is 0.149 e. The van der Waals surface area contributed by atoms with Crippen molar-refractivity contribution in [2.24, 2.45) is 0 Å². The van der Waals surface area contributed by atoms with Crippen LogP contribution in [-0.4, -0.2) is 26.8 Å². The van der Waals surface area contributed by atoms with E-state index in [0.717, 1.165) is 26.1 Å². The Morgan fingerprint density at radius 2 is 1.18 bits per heavy atom. The van der Waals surface area contributed by atoms with Crippen molar-refractivity contribution in [3.05, 3.63) is 0 Å².